The van der Waals surface area contributed by atoms with Crippen molar-refractivity contribution in [3.8, 4) is 0 Å². The van der Waals surface area contributed by atoms with Crippen LogP contribution >= 0.6 is 0 Å². The minimum Gasteiger partial charge on any atom is -0.381 e. The van der Waals surface area contributed by atoms with Gasteiger partial charge in [0.05, 0.1) is 6.61 Å². The van der Waals surface area contributed by atoms with Gasteiger partial charge in [-0.05, 0) is 44.2 Å². The lowest BCUT2D eigenvalue weighted by atomic mass is 9.98. The molecule has 0 bridgehead atoms. The van der Waals surface area contributed by atoms with Crippen molar-refractivity contribution in [2.45, 2.75) is 38.6 Å². The molecule has 0 N–H and O–H groups in total. The number of rotatable bonds is 5. The summed E-state index contributed by atoms with van der Waals surface area (Å²) in [7, 11) is 0. The van der Waals surface area contributed by atoms with Gasteiger partial charge in [-0.25, -0.2) is 0 Å². The van der Waals surface area contributed by atoms with Crippen LogP contribution in [0.5, 0.6) is 0 Å². The Hall–Kier alpha value is -1.88. The van der Waals surface area contributed by atoms with Crippen LogP contribution in [0.15, 0.2) is 30.3 Å². The number of ether oxygens (including phenoxy) is 1. The van der Waals surface area contributed by atoms with Crippen molar-refractivity contribution in [1.82, 2.24) is 4.90 Å². The fourth-order valence-corrected chi connectivity index (χ4v) is 3.73. The molecular formula is C19H26N2O3. The van der Waals surface area contributed by atoms with Crippen molar-refractivity contribution in [3.63, 3.8) is 0 Å². The van der Waals surface area contributed by atoms with Crippen molar-refractivity contribution >= 4 is 17.5 Å². The molecule has 24 heavy (non-hydrogen) atoms. The molecule has 2 aliphatic rings. The van der Waals surface area contributed by atoms with E-state index in [9.17, 15) is 9.59 Å². The average Bonchev–Trinajstić information content (AvgIpc) is 3.02. The zero-order valence-electron chi connectivity index (χ0n) is 14.3. The number of carbonyl (C=O) groups excluding carboxylic acids is 2. The Balaban J connectivity index is 1.70. The Morgan fingerprint density at radius 2 is 2.04 bits per heavy atom. The molecule has 2 aliphatic heterocycles. The summed E-state index contributed by atoms with van der Waals surface area (Å²) in [6, 6.07) is 9.17. The molecule has 3 rings (SSSR count). The fraction of sp³-hybridized carbons (Fsp3) is 0.579. The first-order chi connectivity index (χ1) is 11.7. The highest BCUT2D eigenvalue weighted by atomic mass is 16.5. The van der Waals surface area contributed by atoms with Crippen LogP contribution in [-0.4, -0.2) is 49.1 Å². The molecule has 2 amide bonds. The summed E-state index contributed by atoms with van der Waals surface area (Å²) in [6.45, 7) is 4.95. The Kier molecular flexibility index (Phi) is 5.51. The zero-order chi connectivity index (χ0) is 16.9. The number of anilines is 1. The third-order valence-corrected chi connectivity index (χ3v) is 4.92. The van der Waals surface area contributed by atoms with E-state index < -0.39 is 0 Å². The molecule has 2 saturated heterocycles. The number of piperidine rings is 1. The molecule has 0 aromatic heterocycles. The SMILES string of the molecule is CCOCC1CCCN(C(=O)C2CCC(=O)N2c2ccccc2)C1. The minimum absolute atomic E-state index is 0.0439. The van der Waals surface area contributed by atoms with Crippen LogP contribution in [-0.2, 0) is 14.3 Å². The summed E-state index contributed by atoms with van der Waals surface area (Å²) in [5.74, 6) is 0.540. The van der Waals surface area contributed by atoms with E-state index in [0.29, 0.717) is 32.0 Å². The smallest absolute Gasteiger partial charge is 0.245 e. The van der Waals surface area contributed by atoms with Gasteiger partial charge in [0.1, 0.15) is 6.04 Å². The van der Waals surface area contributed by atoms with Gasteiger partial charge in [-0.3, -0.25) is 14.5 Å². The molecule has 0 radical (unpaired) electrons. The quantitative estimate of drug-likeness (QED) is 0.833. The van der Waals surface area contributed by atoms with E-state index in [2.05, 4.69) is 0 Å². The standard InChI is InChI=1S/C19H26N2O3/c1-2-24-14-15-7-6-12-20(13-15)19(23)17-10-11-18(22)21(17)16-8-4-3-5-9-16/h3-5,8-9,15,17H,2,6-7,10-14H2,1H3. The van der Waals surface area contributed by atoms with Crippen LogP contribution in [0.25, 0.3) is 0 Å². The monoisotopic (exact) mass is 330 g/mol. The van der Waals surface area contributed by atoms with Gasteiger partial charge < -0.3 is 9.64 Å². The topological polar surface area (TPSA) is 49.9 Å². The number of hydrogen-bond donors (Lipinski definition) is 0. The summed E-state index contributed by atoms with van der Waals surface area (Å²) in [5, 5.41) is 0. The number of benzene rings is 1. The van der Waals surface area contributed by atoms with Crippen molar-refractivity contribution in [2.24, 2.45) is 5.92 Å². The van der Waals surface area contributed by atoms with Crippen molar-refractivity contribution < 1.29 is 14.3 Å². The lowest BCUT2D eigenvalue weighted by Crippen LogP contribution is -2.50. The molecule has 0 aliphatic carbocycles. The van der Waals surface area contributed by atoms with Crippen molar-refractivity contribution in [2.75, 3.05) is 31.2 Å². The third-order valence-electron chi connectivity index (χ3n) is 4.92. The molecule has 5 heteroatoms. The van der Waals surface area contributed by atoms with Gasteiger partial charge in [-0.2, -0.15) is 0 Å². The van der Waals surface area contributed by atoms with Crippen LogP contribution < -0.4 is 4.90 Å². The first kappa shape index (κ1) is 17.0. The number of amides is 2. The second-order valence-corrected chi connectivity index (χ2v) is 6.61. The average molecular weight is 330 g/mol. The van der Waals surface area contributed by atoms with Crippen molar-refractivity contribution in [1.29, 1.82) is 0 Å². The lowest BCUT2D eigenvalue weighted by molar-refractivity contribution is -0.135. The van der Waals surface area contributed by atoms with Crippen LogP contribution in [0.3, 0.4) is 0 Å². The number of para-hydroxylation sites is 1. The largest absolute Gasteiger partial charge is 0.381 e. The molecule has 5 nitrogen and oxygen atoms in total. The molecular weight excluding hydrogens is 304 g/mol. The van der Waals surface area contributed by atoms with Gasteiger partial charge in [0.15, 0.2) is 0 Å². The van der Waals surface area contributed by atoms with E-state index >= 15 is 0 Å². The summed E-state index contributed by atoms with van der Waals surface area (Å²) in [4.78, 5) is 29.0. The molecule has 1 aromatic carbocycles. The number of carbonyl (C=O) groups is 2. The summed E-state index contributed by atoms with van der Waals surface area (Å²) >= 11 is 0. The molecule has 130 valence electrons. The number of hydrogen-bond acceptors (Lipinski definition) is 3. The van der Waals surface area contributed by atoms with Gasteiger partial charge in [0.25, 0.3) is 0 Å². The van der Waals surface area contributed by atoms with E-state index in [1.54, 1.807) is 4.90 Å². The van der Waals surface area contributed by atoms with Crippen LogP contribution in [0.4, 0.5) is 5.69 Å². The van der Waals surface area contributed by atoms with Crippen LogP contribution in [0.1, 0.15) is 32.6 Å². The maximum absolute atomic E-state index is 13.0. The van der Waals surface area contributed by atoms with Gasteiger partial charge in [-0.15, -0.1) is 0 Å². The second-order valence-electron chi connectivity index (χ2n) is 6.61. The molecule has 0 spiro atoms. The van der Waals surface area contributed by atoms with Crippen LogP contribution in [0.2, 0.25) is 0 Å². The molecule has 1 aromatic rings. The fourth-order valence-electron chi connectivity index (χ4n) is 3.73. The van der Waals surface area contributed by atoms with E-state index in [4.69, 9.17) is 4.74 Å². The maximum atomic E-state index is 13.0. The third kappa shape index (κ3) is 3.61. The van der Waals surface area contributed by atoms with Gasteiger partial charge in [0.2, 0.25) is 11.8 Å². The Morgan fingerprint density at radius 1 is 1.25 bits per heavy atom. The van der Waals surface area contributed by atoms with E-state index in [0.717, 1.165) is 31.6 Å². The predicted octanol–water partition coefficient (Wildman–Crippen LogP) is 2.46. The Bertz CT molecular complexity index is 575. The highest BCUT2D eigenvalue weighted by Crippen LogP contribution is 2.29. The van der Waals surface area contributed by atoms with Gasteiger partial charge >= 0.3 is 0 Å². The first-order valence-corrected chi connectivity index (χ1v) is 8.94. The zero-order valence-corrected chi connectivity index (χ0v) is 14.3. The lowest BCUT2D eigenvalue weighted by Gasteiger charge is -2.36. The van der Waals surface area contributed by atoms with E-state index in [-0.39, 0.29) is 17.9 Å². The molecule has 0 saturated carbocycles. The Labute approximate surface area is 143 Å². The van der Waals surface area contributed by atoms with Gasteiger partial charge in [0, 0.05) is 31.8 Å². The second kappa shape index (κ2) is 7.79. The number of nitrogens with zero attached hydrogens (tertiary/aromatic N) is 2. The van der Waals surface area contributed by atoms with Crippen molar-refractivity contribution in [3.05, 3.63) is 30.3 Å². The highest BCUT2D eigenvalue weighted by Gasteiger charge is 2.40. The summed E-state index contributed by atoms with van der Waals surface area (Å²) in [6.07, 6.45) is 3.17. The minimum atomic E-state index is -0.356. The first-order valence-electron chi connectivity index (χ1n) is 8.94. The van der Waals surface area contributed by atoms with Gasteiger partial charge in [-0.1, -0.05) is 18.2 Å². The summed E-state index contributed by atoms with van der Waals surface area (Å²) < 4.78 is 5.53. The van der Waals surface area contributed by atoms with E-state index in [1.807, 2.05) is 42.2 Å². The highest BCUT2D eigenvalue weighted by molar-refractivity contribution is 6.03. The maximum Gasteiger partial charge on any atom is 0.245 e. The van der Waals surface area contributed by atoms with Crippen LogP contribution in [0, 0.1) is 5.92 Å². The molecule has 2 heterocycles. The Morgan fingerprint density at radius 3 is 2.79 bits per heavy atom. The normalized spacial score (nSPS) is 24.5. The number of likely N-dealkylation sites (tertiary alicyclic amines) is 1. The molecule has 2 atom stereocenters. The summed E-state index contributed by atoms with van der Waals surface area (Å²) in [5.41, 5.74) is 0.821. The van der Waals surface area contributed by atoms with E-state index in [1.165, 1.54) is 0 Å². The predicted molar refractivity (Wildman–Crippen MR) is 92.7 cm³/mol. The molecule has 2 fully saturated rings. The molecule has 2 unspecified atom stereocenters.